The quantitative estimate of drug-likeness (QED) is 0.204. The van der Waals surface area contributed by atoms with E-state index in [-0.39, 0.29) is 12.1 Å². The number of para-hydroxylation sites is 2. The number of rotatable bonds is 9. The van der Waals surface area contributed by atoms with Gasteiger partial charge in [-0.25, -0.2) is 14.8 Å². The van der Waals surface area contributed by atoms with Gasteiger partial charge in [-0.3, -0.25) is 4.79 Å². The highest BCUT2D eigenvalue weighted by Gasteiger charge is 2.26. The second-order valence-corrected chi connectivity index (χ2v) is 11.3. The average Bonchev–Trinajstić information content (AvgIpc) is 3.05. The number of anilines is 2. The fourth-order valence-electron chi connectivity index (χ4n) is 5.41. The fourth-order valence-corrected chi connectivity index (χ4v) is 5.56. The van der Waals surface area contributed by atoms with E-state index >= 15 is 0 Å². The van der Waals surface area contributed by atoms with E-state index in [4.69, 9.17) is 21.3 Å². The highest BCUT2D eigenvalue weighted by Crippen LogP contribution is 2.34. The van der Waals surface area contributed by atoms with Crippen LogP contribution in [0.5, 0.6) is 11.5 Å². The van der Waals surface area contributed by atoms with Crippen LogP contribution in [0.3, 0.4) is 0 Å². The molecule has 6 rings (SSSR count). The lowest BCUT2D eigenvalue weighted by molar-refractivity contribution is -0.139. The second-order valence-electron chi connectivity index (χ2n) is 10.8. The Bertz CT molecular complexity index is 1740. The lowest BCUT2D eigenvalue weighted by atomic mass is 9.97. The van der Waals surface area contributed by atoms with Crippen molar-refractivity contribution in [3.63, 3.8) is 0 Å². The molecule has 1 aromatic heterocycles. The molecule has 8 nitrogen and oxygen atoms in total. The molecule has 1 aliphatic heterocycles. The molecule has 1 atom stereocenters. The number of carboxylic acid groups (broad SMARTS) is 1. The largest absolute Gasteiger partial charge is 0.480 e. The summed E-state index contributed by atoms with van der Waals surface area (Å²) in [6, 6.07) is 25.5. The normalized spacial score (nSPS) is 15.0. The number of nitrogens with zero attached hydrogens (tertiary/aromatic N) is 3. The molecule has 0 unspecified atom stereocenters. The van der Waals surface area contributed by atoms with E-state index in [1.807, 2.05) is 78.9 Å². The zero-order valence-electron chi connectivity index (χ0n) is 23.9. The van der Waals surface area contributed by atoms with Gasteiger partial charge in [-0.15, -0.1) is 0 Å². The Morgan fingerprint density at radius 3 is 2.41 bits per heavy atom. The van der Waals surface area contributed by atoms with E-state index in [0.29, 0.717) is 35.8 Å². The molecule has 222 valence electrons. The summed E-state index contributed by atoms with van der Waals surface area (Å²) in [7, 11) is 0. The van der Waals surface area contributed by atoms with Crippen LogP contribution in [0.4, 0.5) is 11.5 Å². The summed E-state index contributed by atoms with van der Waals surface area (Å²) in [6.07, 6.45) is 6.96. The monoisotopic (exact) mass is 606 g/mol. The number of hydrogen-bond acceptors (Lipinski definition) is 6. The number of aryl methyl sites for hydroxylation is 1. The fraction of sp³-hybridized carbons (Fsp3) is 0.200. The number of aromatic nitrogens is 2. The van der Waals surface area contributed by atoms with Gasteiger partial charge in [-0.2, -0.15) is 0 Å². The molecule has 44 heavy (non-hydrogen) atoms. The van der Waals surface area contributed by atoms with Crippen molar-refractivity contribution < 1.29 is 19.4 Å². The number of amides is 1. The lowest BCUT2D eigenvalue weighted by Crippen LogP contribution is -2.41. The van der Waals surface area contributed by atoms with Gasteiger partial charge in [-0.1, -0.05) is 59.6 Å². The number of nitrogens with one attached hydrogen (secondary N) is 1. The van der Waals surface area contributed by atoms with Gasteiger partial charge < -0.3 is 20.1 Å². The molecule has 0 fully saturated rings. The first-order valence-corrected chi connectivity index (χ1v) is 15.0. The van der Waals surface area contributed by atoms with Gasteiger partial charge in [0.15, 0.2) is 5.82 Å². The van der Waals surface area contributed by atoms with Crippen LogP contribution in [-0.4, -0.2) is 39.5 Å². The number of hydrogen-bond donors (Lipinski definition) is 2. The van der Waals surface area contributed by atoms with Crippen LogP contribution in [0.2, 0.25) is 0 Å². The zero-order chi connectivity index (χ0) is 30.5. The van der Waals surface area contributed by atoms with E-state index in [0.717, 1.165) is 41.4 Å². The summed E-state index contributed by atoms with van der Waals surface area (Å²) in [5.74, 6) is 0.589. The minimum atomic E-state index is -1.12. The van der Waals surface area contributed by atoms with Crippen LogP contribution < -0.4 is 15.0 Å². The van der Waals surface area contributed by atoms with E-state index < -0.39 is 17.9 Å². The molecule has 4 aromatic rings. The van der Waals surface area contributed by atoms with Crippen molar-refractivity contribution in [2.45, 2.75) is 38.1 Å². The maximum atomic E-state index is 13.6. The van der Waals surface area contributed by atoms with Gasteiger partial charge in [0.1, 0.15) is 29.1 Å². The van der Waals surface area contributed by atoms with Crippen LogP contribution in [0, 0.1) is 0 Å². The smallest absolute Gasteiger partial charge is 0.326 e. The maximum Gasteiger partial charge on any atom is 0.326 e. The van der Waals surface area contributed by atoms with E-state index in [1.54, 1.807) is 12.1 Å². The molecule has 0 bridgehead atoms. The van der Waals surface area contributed by atoms with Gasteiger partial charge in [0.2, 0.25) is 0 Å². The predicted octanol–water partition coefficient (Wildman–Crippen LogP) is 7.44. The van der Waals surface area contributed by atoms with Crippen LogP contribution in [0.15, 0.2) is 108 Å². The molecule has 0 saturated carbocycles. The third kappa shape index (κ3) is 6.82. The topological polar surface area (TPSA) is 105 Å². The molecule has 0 saturated heterocycles. The number of aliphatic carboxylic acids is 1. The number of carbonyl (C=O) groups is 2. The molecule has 1 amide bonds. The third-order valence-electron chi connectivity index (χ3n) is 7.68. The zero-order valence-corrected chi connectivity index (χ0v) is 24.7. The minimum absolute atomic E-state index is 0.0875. The Balaban J connectivity index is 1.32. The molecule has 2 N–H and O–H groups in total. The molecule has 0 radical (unpaired) electrons. The van der Waals surface area contributed by atoms with E-state index in [2.05, 4.69) is 21.3 Å². The van der Waals surface area contributed by atoms with Crippen LogP contribution in [-0.2, 0) is 11.2 Å². The molecule has 9 heteroatoms. The van der Waals surface area contributed by atoms with Gasteiger partial charge >= 0.3 is 5.97 Å². The van der Waals surface area contributed by atoms with Crippen molar-refractivity contribution in [2.75, 3.05) is 11.4 Å². The van der Waals surface area contributed by atoms with Crippen LogP contribution >= 0.6 is 11.6 Å². The Morgan fingerprint density at radius 2 is 1.66 bits per heavy atom. The van der Waals surface area contributed by atoms with Crippen LogP contribution in [0.25, 0.3) is 11.4 Å². The van der Waals surface area contributed by atoms with E-state index in [1.165, 1.54) is 5.56 Å². The first-order valence-electron chi connectivity index (χ1n) is 14.6. The average molecular weight is 607 g/mol. The molecule has 2 aliphatic rings. The summed E-state index contributed by atoms with van der Waals surface area (Å²) in [6.45, 7) is 0.723. The van der Waals surface area contributed by atoms with Crippen molar-refractivity contribution in [1.29, 1.82) is 0 Å². The van der Waals surface area contributed by atoms with Crippen molar-refractivity contribution in [2.24, 2.45) is 0 Å². The van der Waals surface area contributed by atoms with Crippen molar-refractivity contribution in [3.8, 4) is 22.9 Å². The van der Waals surface area contributed by atoms with Gasteiger partial charge in [0.25, 0.3) is 5.91 Å². The van der Waals surface area contributed by atoms with Crippen molar-refractivity contribution in [1.82, 2.24) is 15.3 Å². The summed E-state index contributed by atoms with van der Waals surface area (Å²) >= 11 is 6.07. The number of benzene rings is 3. The summed E-state index contributed by atoms with van der Waals surface area (Å²) < 4.78 is 5.94. The predicted molar refractivity (Wildman–Crippen MR) is 171 cm³/mol. The second kappa shape index (κ2) is 13.1. The Morgan fingerprint density at radius 1 is 0.909 bits per heavy atom. The first-order chi connectivity index (χ1) is 21.4. The minimum Gasteiger partial charge on any atom is -0.480 e. The number of ether oxygens (including phenoxy) is 1. The van der Waals surface area contributed by atoms with Crippen molar-refractivity contribution >= 4 is 35.0 Å². The van der Waals surface area contributed by atoms with Gasteiger partial charge in [0, 0.05) is 28.9 Å². The molecule has 2 heterocycles. The highest BCUT2D eigenvalue weighted by molar-refractivity contribution is 6.29. The Hall–Kier alpha value is -4.95. The number of allylic oxidation sites excluding steroid dienone is 3. The third-order valence-corrected chi connectivity index (χ3v) is 7.99. The first kappa shape index (κ1) is 29.1. The summed E-state index contributed by atoms with van der Waals surface area (Å²) in [5.41, 5.74) is 3.92. The number of fused-ring (bicyclic) bond motifs is 1. The Kier molecular flexibility index (Phi) is 8.70. The molecular weight excluding hydrogens is 576 g/mol. The SMILES string of the molecule is O=C(N[C@H](CC1=CC=C(Cl)CC1)C(=O)O)c1cc(N2CCCc3ccccc32)nc(-c2ccc(Oc3ccccc3)cc2)n1. The maximum absolute atomic E-state index is 13.6. The summed E-state index contributed by atoms with van der Waals surface area (Å²) in [5, 5.41) is 13.4. The standard InChI is InChI=1S/C35H31ClN4O4/c36-26-16-12-23(13-17-26)21-30(35(42)43)38-34(41)29-22-32(40-20-6-8-24-7-4-5-11-31(24)40)39-33(37-29)25-14-18-28(19-15-25)44-27-9-2-1-3-10-27/h1-5,7,9-12,14-16,18-19,22,30H,6,8,13,17,20-21H2,(H,38,41)(H,42,43)/t30-/m1/s1. The van der Waals surface area contributed by atoms with Crippen LogP contribution in [0.1, 0.15) is 41.7 Å². The number of carbonyl (C=O) groups excluding carboxylic acids is 1. The molecule has 1 aliphatic carbocycles. The van der Waals surface area contributed by atoms with Crippen molar-refractivity contribution in [3.05, 3.63) is 119 Å². The lowest BCUT2D eigenvalue weighted by Gasteiger charge is -2.30. The van der Waals surface area contributed by atoms with E-state index in [9.17, 15) is 14.7 Å². The van der Waals surface area contributed by atoms with Gasteiger partial charge in [0.05, 0.1) is 0 Å². The highest BCUT2D eigenvalue weighted by atomic mass is 35.5. The summed E-state index contributed by atoms with van der Waals surface area (Å²) in [4.78, 5) is 37.4. The number of carboxylic acids is 1. The molecular formula is C35H31ClN4O4. The Labute approximate surface area is 260 Å². The molecule has 0 spiro atoms. The van der Waals surface area contributed by atoms with Gasteiger partial charge in [-0.05, 0) is 86.2 Å². The number of halogens is 1. The molecule has 3 aromatic carbocycles.